The number of nitrogens with one attached hydrogen (secondary N) is 1. The van der Waals surface area contributed by atoms with E-state index in [1.54, 1.807) is 25.1 Å². The zero-order valence-electron chi connectivity index (χ0n) is 12.2. The Bertz CT molecular complexity index is 430. The second kappa shape index (κ2) is 7.02. The van der Waals surface area contributed by atoms with Gasteiger partial charge in [0.05, 0.1) is 23.5 Å². The number of carbonyl (C=O) groups is 1. The summed E-state index contributed by atoms with van der Waals surface area (Å²) in [6, 6.07) is 5.17. The SMILES string of the molecule is CCOC(=O)c1ccc(N)c(NCC(C)C(C)C)c1. The Balaban J connectivity index is 2.77. The van der Waals surface area contributed by atoms with E-state index in [-0.39, 0.29) is 5.97 Å². The van der Waals surface area contributed by atoms with Crippen LogP contribution in [-0.4, -0.2) is 19.1 Å². The summed E-state index contributed by atoms with van der Waals surface area (Å²) in [7, 11) is 0. The van der Waals surface area contributed by atoms with Gasteiger partial charge >= 0.3 is 5.97 Å². The van der Waals surface area contributed by atoms with Crippen molar-refractivity contribution in [2.45, 2.75) is 27.7 Å². The molecule has 0 heterocycles. The van der Waals surface area contributed by atoms with E-state index < -0.39 is 0 Å². The van der Waals surface area contributed by atoms with Gasteiger partial charge in [-0.3, -0.25) is 0 Å². The summed E-state index contributed by atoms with van der Waals surface area (Å²) in [4.78, 5) is 11.7. The summed E-state index contributed by atoms with van der Waals surface area (Å²) in [5, 5.41) is 3.30. The number of hydrogen-bond acceptors (Lipinski definition) is 4. The molecule has 0 fully saturated rings. The third-order valence-corrected chi connectivity index (χ3v) is 3.32. The third-order valence-electron chi connectivity index (χ3n) is 3.32. The largest absolute Gasteiger partial charge is 0.462 e. The first-order chi connectivity index (χ1) is 8.95. The van der Waals surface area contributed by atoms with Crippen LogP contribution in [0.5, 0.6) is 0 Å². The van der Waals surface area contributed by atoms with E-state index in [1.807, 2.05) is 0 Å². The summed E-state index contributed by atoms with van der Waals surface area (Å²) in [5.41, 5.74) is 7.87. The Labute approximate surface area is 115 Å². The van der Waals surface area contributed by atoms with E-state index in [1.165, 1.54) is 0 Å². The first kappa shape index (κ1) is 15.3. The van der Waals surface area contributed by atoms with Crippen LogP contribution in [-0.2, 0) is 4.74 Å². The highest BCUT2D eigenvalue weighted by Gasteiger charge is 2.11. The molecule has 0 bridgehead atoms. The lowest BCUT2D eigenvalue weighted by molar-refractivity contribution is 0.0526. The topological polar surface area (TPSA) is 64.3 Å². The molecular weight excluding hydrogens is 240 g/mol. The Morgan fingerprint density at radius 1 is 1.37 bits per heavy atom. The molecule has 106 valence electrons. The lowest BCUT2D eigenvalue weighted by Crippen LogP contribution is -2.17. The number of carbonyl (C=O) groups excluding carboxylic acids is 1. The van der Waals surface area contributed by atoms with E-state index in [4.69, 9.17) is 10.5 Å². The molecule has 0 spiro atoms. The van der Waals surface area contributed by atoms with Gasteiger partial charge in [0, 0.05) is 6.54 Å². The third kappa shape index (κ3) is 4.47. The van der Waals surface area contributed by atoms with Crippen LogP contribution in [0.2, 0.25) is 0 Å². The van der Waals surface area contributed by atoms with Crippen molar-refractivity contribution < 1.29 is 9.53 Å². The van der Waals surface area contributed by atoms with Crippen LogP contribution in [0, 0.1) is 11.8 Å². The Hall–Kier alpha value is -1.71. The summed E-state index contributed by atoms with van der Waals surface area (Å²) in [5.74, 6) is 0.815. The van der Waals surface area contributed by atoms with E-state index >= 15 is 0 Å². The highest BCUT2D eigenvalue weighted by atomic mass is 16.5. The molecule has 4 heteroatoms. The quantitative estimate of drug-likeness (QED) is 0.612. The number of nitrogens with two attached hydrogens (primary N) is 1. The molecule has 19 heavy (non-hydrogen) atoms. The van der Waals surface area contributed by atoms with E-state index in [0.29, 0.717) is 29.7 Å². The molecule has 0 saturated heterocycles. The molecule has 1 rings (SSSR count). The van der Waals surface area contributed by atoms with E-state index in [0.717, 1.165) is 12.2 Å². The normalized spacial score (nSPS) is 12.3. The number of rotatable bonds is 6. The van der Waals surface area contributed by atoms with Crippen LogP contribution in [0.15, 0.2) is 18.2 Å². The fraction of sp³-hybridized carbons (Fsp3) is 0.533. The minimum absolute atomic E-state index is 0.317. The average molecular weight is 264 g/mol. The van der Waals surface area contributed by atoms with Gasteiger partial charge in [-0.25, -0.2) is 4.79 Å². The maximum atomic E-state index is 11.7. The highest BCUT2D eigenvalue weighted by molar-refractivity contribution is 5.92. The van der Waals surface area contributed by atoms with Crippen molar-refractivity contribution in [3.63, 3.8) is 0 Å². The second-order valence-corrected chi connectivity index (χ2v) is 5.12. The molecule has 1 unspecified atom stereocenters. The lowest BCUT2D eigenvalue weighted by Gasteiger charge is -2.18. The smallest absolute Gasteiger partial charge is 0.338 e. The lowest BCUT2D eigenvalue weighted by atomic mass is 9.98. The van der Waals surface area contributed by atoms with Gasteiger partial charge in [0.2, 0.25) is 0 Å². The zero-order chi connectivity index (χ0) is 14.4. The van der Waals surface area contributed by atoms with Gasteiger partial charge in [0.15, 0.2) is 0 Å². The van der Waals surface area contributed by atoms with Crippen LogP contribution < -0.4 is 11.1 Å². The van der Waals surface area contributed by atoms with Crippen molar-refractivity contribution in [2.75, 3.05) is 24.2 Å². The van der Waals surface area contributed by atoms with Crippen LogP contribution in [0.25, 0.3) is 0 Å². The van der Waals surface area contributed by atoms with Gasteiger partial charge in [-0.1, -0.05) is 20.8 Å². The molecule has 1 aromatic carbocycles. The number of nitrogen functional groups attached to an aromatic ring is 1. The predicted molar refractivity (Wildman–Crippen MR) is 79.3 cm³/mol. The van der Waals surface area contributed by atoms with Gasteiger partial charge in [-0.15, -0.1) is 0 Å². The number of benzene rings is 1. The first-order valence-electron chi connectivity index (χ1n) is 6.76. The maximum absolute atomic E-state index is 11.7. The van der Waals surface area contributed by atoms with Crippen molar-refractivity contribution in [3.8, 4) is 0 Å². The van der Waals surface area contributed by atoms with Crippen LogP contribution >= 0.6 is 0 Å². The van der Waals surface area contributed by atoms with Crippen molar-refractivity contribution in [3.05, 3.63) is 23.8 Å². The zero-order valence-corrected chi connectivity index (χ0v) is 12.2. The summed E-state index contributed by atoms with van der Waals surface area (Å²) in [6.07, 6.45) is 0. The van der Waals surface area contributed by atoms with Gasteiger partial charge in [-0.2, -0.15) is 0 Å². The molecule has 0 aliphatic carbocycles. The van der Waals surface area contributed by atoms with E-state index in [9.17, 15) is 4.79 Å². The Morgan fingerprint density at radius 3 is 2.63 bits per heavy atom. The van der Waals surface area contributed by atoms with Gasteiger partial charge in [-0.05, 0) is 37.0 Å². The molecule has 4 nitrogen and oxygen atoms in total. The molecule has 1 aromatic rings. The Morgan fingerprint density at radius 2 is 2.05 bits per heavy atom. The second-order valence-electron chi connectivity index (χ2n) is 5.12. The fourth-order valence-corrected chi connectivity index (χ4v) is 1.56. The van der Waals surface area contributed by atoms with Crippen LogP contribution in [0.1, 0.15) is 38.1 Å². The van der Waals surface area contributed by atoms with Crippen molar-refractivity contribution >= 4 is 17.3 Å². The van der Waals surface area contributed by atoms with Gasteiger partial charge < -0.3 is 15.8 Å². The molecule has 1 atom stereocenters. The van der Waals surface area contributed by atoms with E-state index in [2.05, 4.69) is 26.1 Å². The Kier molecular flexibility index (Phi) is 5.67. The number of ether oxygens (including phenoxy) is 1. The minimum atomic E-state index is -0.317. The number of anilines is 2. The standard InChI is InChI=1S/C15H24N2O2/c1-5-19-15(18)12-6-7-13(16)14(8-12)17-9-11(4)10(2)3/h6-8,10-11,17H,5,9,16H2,1-4H3. The molecule has 0 aromatic heterocycles. The average Bonchev–Trinajstić information content (AvgIpc) is 2.37. The summed E-state index contributed by atoms with van der Waals surface area (Å²) >= 11 is 0. The molecule has 0 amide bonds. The molecule has 0 radical (unpaired) electrons. The monoisotopic (exact) mass is 264 g/mol. The van der Waals surface area contributed by atoms with Crippen molar-refractivity contribution in [2.24, 2.45) is 11.8 Å². The molecular formula is C15H24N2O2. The molecule has 3 N–H and O–H groups in total. The van der Waals surface area contributed by atoms with Crippen LogP contribution in [0.3, 0.4) is 0 Å². The van der Waals surface area contributed by atoms with Crippen molar-refractivity contribution in [1.82, 2.24) is 0 Å². The van der Waals surface area contributed by atoms with Gasteiger partial charge in [0.25, 0.3) is 0 Å². The van der Waals surface area contributed by atoms with Crippen molar-refractivity contribution in [1.29, 1.82) is 0 Å². The van der Waals surface area contributed by atoms with Crippen LogP contribution in [0.4, 0.5) is 11.4 Å². The predicted octanol–water partition coefficient (Wildman–Crippen LogP) is 3.15. The maximum Gasteiger partial charge on any atom is 0.338 e. The molecule has 0 aliphatic rings. The number of esters is 1. The summed E-state index contributed by atoms with van der Waals surface area (Å²) < 4.78 is 4.98. The summed E-state index contributed by atoms with van der Waals surface area (Å²) in [6.45, 7) is 9.54. The first-order valence-corrected chi connectivity index (χ1v) is 6.76. The number of hydrogen-bond donors (Lipinski definition) is 2. The fourth-order valence-electron chi connectivity index (χ4n) is 1.56. The minimum Gasteiger partial charge on any atom is -0.462 e. The van der Waals surface area contributed by atoms with Gasteiger partial charge in [0.1, 0.15) is 0 Å². The highest BCUT2D eigenvalue weighted by Crippen LogP contribution is 2.22. The molecule has 0 saturated carbocycles. The molecule has 0 aliphatic heterocycles.